The van der Waals surface area contributed by atoms with Crippen LogP contribution in [0.25, 0.3) is 5.82 Å². The first kappa shape index (κ1) is 15.7. The van der Waals surface area contributed by atoms with Crippen LogP contribution in [0.4, 0.5) is 0 Å². The lowest BCUT2D eigenvalue weighted by atomic mass is 10.0. The van der Waals surface area contributed by atoms with Gasteiger partial charge in [0.2, 0.25) is 0 Å². The summed E-state index contributed by atoms with van der Waals surface area (Å²) in [5.74, 6) is 1.02. The molecule has 0 bridgehead atoms. The third-order valence-electron chi connectivity index (χ3n) is 4.51. The highest BCUT2D eigenvalue weighted by Crippen LogP contribution is 2.24. The van der Waals surface area contributed by atoms with Crippen molar-refractivity contribution in [2.75, 3.05) is 6.54 Å². The molecule has 0 aliphatic heterocycles. The Labute approximate surface area is 136 Å². The molecule has 1 fully saturated rings. The lowest BCUT2D eigenvalue weighted by Crippen LogP contribution is -2.39. The summed E-state index contributed by atoms with van der Waals surface area (Å²) in [6, 6.07) is 5.79. The smallest absolute Gasteiger partial charge is 0.253 e. The zero-order valence-corrected chi connectivity index (χ0v) is 13.6. The topological polar surface area (TPSA) is 85.8 Å². The molecule has 0 saturated heterocycles. The predicted octanol–water partition coefficient (Wildman–Crippen LogP) is 1.74. The number of pyridine rings is 1. The van der Waals surface area contributed by atoms with Gasteiger partial charge in [-0.3, -0.25) is 4.79 Å². The maximum Gasteiger partial charge on any atom is 0.253 e. The molecule has 2 heterocycles. The first-order valence-corrected chi connectivity index (χ1v) is 8.09. The van der Waals surface area contributed by atoms with E-state index in [0.29, 0.717) is 23.8 Å². The van der Waals surface area contributed by atoms with Gasteiger partial charge in [-0.1, -0.05) is 6.42 Å². The van der Waals surface area contributed by atoms with E-state index in [4.69, 9.17) is 5.73 Å². The van der Waals surface area contributed by atoms with Gasteiger partial charge in [-0.15, -0.1) is 0 Å². The zero-order chi connectivity index (χ0) is 16.4. The average molecular weight is 313 g/mol. The minimum absolute atomic E-state index is 0.0808. The molecular weight excluding hydrogens is 290 g/mol. The molecular formula is C17H23N5O. The average Bonchev–Trinajstić information content (AvgIpc) is 3.13. The molecule has 3 N–H and O–H groups in total. The van der Waals surface area contributed by atoms with Crippen LogP contribution in [0.2, 0.25) is 0 Å². The first-order chi connectivity index (χ1) is 11.1. The van der Waals surface area contributed by atoms with Crippen molar-refractivity contribution in [3.63, 3.8) is 0 Å². The number of aryl methyl sites for hydroxylation is 2. The van der Waals surface area contributed by atoms with Crippen LogP contribution in [-0.4, -0.2) is 33.3 Å². The summed E-state index contributed by atoms with van der Waals surface area (Å²) < 4.78 is 1.78. The van der Waals surface area contributed by atoms with Gasteiger partial charge in [-0.2, -0.15) is 5.10 Å². The second-order valence-corrected chi connectivity index (χ2v) is 6.25. The van der Waals surface area contributed by atoms with E-state index in [-0.39, 0.29) is 11.9 Å². The molecule has 2 aromatic heterocycles. The Morgan fingerprint density at radius 1 is 1.39 bits per heavy atom. The van der Waals surface area contributed by atoms with Crippen LogP contribution in [0.15, 0.2) is 24.4 Å². The largest absolute Gasteiger partial charge is 0.349 e. The van der Waals surface area contributed by atoms with Crippen LogP contribution in [0.3, 0.4) is 0 Å². The fraction of sp³-hybridized carbons (Fsp3) is 0.471. The second kappa shape index (κ2) is 6.50. The summed E-state index contributed by atoms with van der Waals surface area (Å²) >= 11 is 0. The molecule has 3 rings (SSSR count). The van der Waals surface area contributed by atoms with E-state index in [2.05, 4.69) is 15.4 Å². The molecule has 23 heavy (non-hydrogen) atoms. The Kier molecular flexibility index (Phi) is 4.43. The molecule has 2 atom stereocenters. The monoisotopic (exact) mass is 313 g/mol. The molecule has 2 unspecified atom stereocenters. The van der Waals surface area contributed by atoms with Gasteiger partial charge >= 0.3 is 0 Å². The minimum Gasteiger partial charge on any atom is -0.349 e. The lowest BCUT2D eigenvalue weighted by molar-refractivity contribution is 0.0928. The van der Waals surface area contributed by atoms with Gasteiger partial charge in [0.1, 0.15) is 0 Å². The fourth-order valence-electron chi connectivity index (χ4n) is 3.27. The van der Waals surface area contributed by atoms with Crippen molar-refractivity contribution in [1.82, 2.24) is 20.1 Å². The van der Waals surface area contributed by atoms with Gasteiger partial charge in [0.15, 0.2) is 5.82 Å². The fourth-order valence-corrected chi connectivity index (χ4v) is 3.27. The van der Waals surface area contributed by atoms with Crippen LogP contribution in [0.1, 0.15) is 41.0 Å². The first-order valence-electron chi connectivity index (χ1n) is 8.09. The molecule has 0 spiro atoms. The van der Waals surface area contributed by atoms with Crippen LogP contribution in [0.5, 0.6) is 0 Å². The highest BCUT2D eigenvalue weighted by molar-refractivity contribution is 5.94. The second-order valence-electron chi connectivity index (χ2n) is 6.25. The van der Waals surface area contributed by atoms with Crippen LogP contribution < -0.4 is 11.1 Å². The number of hydrogen-bond acceptors (Lipinski definition) is 4. The van der Waals surface area contributed by atoms with E-state index in [1.807, 2.05) is 26.0 Å². The normalized spacial score (nSPS) is 20.7. The number of nitrogens with zero attached hydrogens (tertiary/aromatic N) is 3. The van der Waals surface area contributed by atoms with Gasteiger partial charge < -0.3 is 11.1 Å². The Hall–Kier alpha value is -2.21. The highest BCUT2D eigenvalue weighted by Gasteiger charge is 2.27. The highest BCUT2D eigenvalue weighted by atomic mass is 16.1. The molecule has 2 aromatic rings. The van der Waals surface area contributed by atoms with Gasteiger partial charge in [-0.05, 0) is 57.4 Å². The Morgan fingerprint density at radius 2 is 2.22 bits per heavy atom. The van der Waals surface area contributed by atoms with Gasteiger partial charge in [-0.25, -0.2) is 9.67 Å². The van der Waals surface area contributed by atoms with Crippen molar-refractivity contribution in [3.8, 4) is 5.82 Å². The molecule has 1 amide bonds. The summed E-state index contributed by atoms with van der Waals surface area (Å²) in [7, 11) is 0. The van der Waals surface area contributed by atoms with Crippen LogP contribution >= 0.6 is 0 Å². The Morgan fingerprint density at radius 3 is 2.83 bits per heavy atom. The zero-order valence-electron chi connectivity index (χ0n) is 13.6. The van der Waals surface area contributed by atoms with Crippen LogP contribution in [-0.2, 0) is 0 Å². The molecule has 0 aromatic carbocycles. The van der Waals surface area contributed by atoms with E-state index in [9.17, 15) is 4.79 Å². The molecule has 0 radical (unpaired) electrons. The molecule has 1 saturated carbocycles. The van der Waals surface area contributed by atoms with Crippen molar-refractivity contribution >= 4 is 5.91 Å². The number of carbonyl (C=O) groups excluding carboxylic acids is 1. The van der Waals surface area contributed by atoms with Crippen molar-refractivity contribution in [1.29, 1.82) is 0 Å². The third kappa shape index (κ3) is 3.27. The standard InChI is InChI=1S/C17H23N5O/c1-11-8-12(2)22(21-11)16-7-6-14(10-19-16)17(23)20-15-5-3-4-13(15)9-18/h6-8,10,13,15H,3-5,9,18H2,1-2H3,(H,20,23). The van der Waals surface area contributed by atoms with E-state index in [1.165, 1.54) is 0 Å². The van der Waals surface area contributed by atoms with Gasteiger partial charge in [0.05, 0.1) is 11.3 Å². The summed E-state index contributed by atoms with van der Waals surface area (Å²) in [5.41, 5.74) is 8.30. The van der Waals surface area contributed by atoms with E-state index < -0.39 is 0 Å². The van der Waals surface area contributed by atoms with Crippen molar-refractivity contribution in [2.24, 2.45) is 11.7 Å². The summed E-state index contributed by atoms with van der Waals surface area (Å²) in [4.78, 5) is 16.7. The maximum atomic E-state index is 12.4. The van der Waals surface area contributed by atoms with Crippen molar-refractivity contribution in [2.45, 2.75) is 39.2 Å². The molecule has 1 aliphatic rings. The minimum atomic E-state index is -0.0808. The number of rotatable bonds is 4. The quantitative estimate of drug-likeness (QED) is 0.900. The Bertz CT molecular complexity index is 692. The number of aromatic nitrogens is 3. The Balaban J connectivity index is 1.72. The van der Waals surface area contributed by atoms with Crippen molar-refractivity contribution in [3.05, 3.63) is 41.3 Å². The van der Waals surface area contributed by atoms with E-state index >= 15 is 0 Å². The summed E-state index contributed by atoms with van der Waals surface area (Å²) in [5, 5.41) is 7.49. The van der Waals surface area contributed by atoms with Crippen molar-refractivity contribution < 1.29 is 4.79 Å². The molecule has 6 heteroatoms. The number of nitrogens with two attached hydrogens (primary N) is 1. The van der Waals surface area contributed by atoms with Gasteiger partial charge in [0, 0.05) is 17.9 Å². The molecule has 122 valence electrons. The number of hydrogen-bond donors (Lipinski definition) is 2. The van der Waals surface area contributed by atoms with E-state index in [0.717, 1.165) is 30.7 Å². The van der Waals surface area contributed by atoms with E-state index in [1.54, 1.807) is 16.9 Å². The summed E-state index contributed by atoms with van der Waals surface area (Å²) in [6.07, 6.45) is 4.83. The lowest BCUT2D eigenvalue weighted by Gasteiger charge is -2.19. The predicted molar refractivity (Wildman–Crippen MR) is 88.5 cm³/mol. The number of nitrogens with one attached hydrogen (secondary N) is 1. The number of amides is 1. The molecule has 1 aliphatic carbocycles. The third-order valence-corrected chi connectivity index (χ3v) is 4.51. The maximum absolute atomic E-state index is 12.4. The summed E-state index contributed by atoms with van der Waals surface area (Å²) in [6.45, 7) is 4.55. The van der Waals surface area contributed by atoms with Crippen LogP contribution in [0, 0.1) is 19.8 Å². The van der Waals surface area contributed by atoms with Gasteiger partial charge in [0.25, 0.3) is 5.91 Å². The SMILES string of the molecule is Cc1cc(C)n(-c2ccc(C(=O)NC3CCCC3CN)cn2)n1. The molecule has 6 nitrogen and oxygen atoms in total. The number of carbonyl (C=O) groups is 1.